The Balaban J connectivity index is 2.19. The van der Waals surface area contributed by atoms with Gasteiger partial charge in [0, 0.05) is 16.0 Å². The fourth-order valence-corrected chi connectivity index (χ4v) is 2.46. The van der Waals surface area contributed by atoms with Gasteiger partial charge < -0.3 is 5.73 Å². The summed E-state index contributed by atoms with van der Waals surface area (Å²) in [5, 5.41) is 0. The lowest BCUT2D eigenvalue weighted by molar-refractivity contribution is 0.590. The Kier molecular flexibility index (Phi) is 3.62. The standard InChI is InChI=1S/C15H18N2S/c1-15(2,3)11-4-6-12(7-5-11)18-14-8-9-17-10-13(14)16/h4-10H,16H2,1-3H3. The van der Waals surface area contributed by atoms with Crippen molar-refractivity contribution < 1.29 is 0 Å². The van der Waals surface area contributed by atoms with Gasteiger partial charge in [0.05, 0.1) is 11.9 Å². The van der Waals surface area contributed by atoms with Crippen LogP contribution in [0, 0.1) is 0 Å². The van der Waals surface area contributed by atoms with Crippen molar-refractivity contribution in [2.24, 2.45) is 0 Å². The van der Waals surface area contributed by atoms with Crippen molar-refractivity contribution in [3.8, 4) is 0 Å². The first kappa shape index (κ1) is 13.0. The molecule has 0 amide bonds. The Morgan fingerprint density at radius 1 is 1.06 bits per heavy atom. The number of hydrogen-bond acceptors (Lipinski definition) is 3. The highest BCUT2D eigenvalue weighted by atomic mass is 32.2. The van der Waals surface area contributed by atoms with E-state index in [-0.39, 0.29) is 5.41 Å². The number of aromatic nitrogens is 1. The van der Waals surface area contributed by atoms with Crippen LogP contribution in [0.4, 0.5) is 5.69 Å². The van der Waals surface area contributed by atoms with Crippen molar-refractivity contribution in [1.82, 2.24) is 4.98 Å². The van der Waals surface area contributed by atoms with E-state index in [9.17, 15) is 0 Å². The number of nitrogen functional groups attached to an aromatic ring is 1. The van der Waals surface area contributed by atoms with E-state index in [2.05, 4.69) is 50.0 Å². The molecule has 18 heavy (non-hydrogen) atoms. The third-order valence-corrected chi connectivity index (χ3v) is 3.86. The van der Waals surface area contributed by atoms with Crippen molar-refractivity contribution in [3.63, 3.8) is 0 Å². The zero-order chi connectivity index (χ0) is 13.2. The summed E-state index contributed by atoms with van der Waals surface area (Å²) in [4.78, 5) is 6.24. The van der Waals surface area contributed by atoms with Crippen molar-refractivity contribution in [1.29, 1.82) is 0 Å². The maximum atomic E-state index is 5.88. The zero-order valence-corrected chi connectivity index (χ0v) is 11.8. The minimum Gasteiger partial charge on any atom is -0.397 e. The molecule has 2 N–H and O–H groups in total. The normalized spacial score (nSPS) is 11.5. The molecule has 94 valence electrons. The molecule has 0 radical (unpaired) electrons. The number of pyridine rings is 1. The van der Waals surface area contributed by atoms with Gasteiger partial charge in [-0.05, 0) is 29.2 Å². The van der Waals surface area contributed by atoms with Crippen LogP contribution < -0.4 is 5.73 Å². The van der Waals surface area contributed by atoms with Gasteiger partial charge in [-0.1, -0.05) is 44.7 Å². The van der Waals surface area contributed by atoms with Gasteiger partial charge in [0.1, 0.15) is 0 Å². The predicted octanol–water partition coefficient (Wildman–Crippen LogP) is 4.11. The fraction of sp³-hybridized carbons (Fsp3) is 0.267. The highest BCUT2D eigenvalue weighted by molar-refractivity contribution is 7.99. The molecule has 0 aliphatic rings. The molecule has 0 saturated carbocycles. The first-order valence-electron chi connectivity index (χ1n) is 5.95. The SMILES string of the molecule is CC(C)(C)c1ccc(Sc2ccncc2N)cc1. The lowest BCUT2D eigenvalue weighted by Gasteiger charge is -2.19. The van der Waals surface area contributed by atoms with Gasteiger partial charge in [-0.25, -0.2) is 0 Å². The number of nitrogens with two attached hydrogens (primary N) is 1. The van der Waals surface area contributed by atoms with Crippen LogP contribution in [0.2, 0.25) is 0 Å². The van der Waals surface area contributed by atoms with Gasteiger partial charge in [0.2, 0.25) is 0 Å². The number of anilines is 1. The van der Waals surface area contributed by atoms with Gasteiger partial charge >= 0.3 is 0 Å². The van der Waals surface area contributed by atoms with Crippen molar-refractivity contribution in [2.75, 3.05) is 5.73 Å². The molecule has 1 aromatic heterocycles. The van der Waals surface area contributed by atoms with Gasteiger partial charge in [-0.15, -0.1) is 0 Å². The molecule has 0 aliphatic heterocycles. The molecule has 0 aliphatic carbocycles. The molecule has 2 nitrogen and oxygen atoms in total. The van der Waals surface area contributed by atoms with E-state index in [0.717, 1.165) is 10.6 Å². The monoisotopic (exact) mass is 258 g/mol. The third kappa shape index (κ3) is 3.05. The lowest BCUT2D eigenvalue weighted by atomic mass is 9.87. The van der Waals surface area contributed by atoms with Gasteiger partial charge in [-0.2, -0.15) is 0 Å². The molecule has 0 unspecified atom stereocenters. The van der Waals surface area contributed by atoms with E-state index >= 15 is 0 Å². The summed E-state index contributed by atoms with van der Waals surface area (Å²) in [6.07, 6.45) is 3.45. The summed E-state index contributed by atoms with van der Waals surface area (Å²) in [5.41, 5.74) is 8.14. The van der Waals surface area contributed by atoms with Gasteiger partial charge in [-0.3, -0.25) is 4.98 Å². The Labute approximate surface area is 113 Å². The summed E-state index contributed by atoms with van der Waals surface area (Å²) >= 11 is 1.67. The smallest absolute Gasteiger partial charge is 0.0642 e. The molecule has 2 aromatic rings. The molecule has 0 fully saturated rings. The summed E-state index contributed by atoms with van der Waals surface area (Å²) in [7, 11) is 0. The van der Waals surface area contributed by atoms with Crippen LogP contribution in [-0.2, 0) is 5.41 Å². The molecular formula is C15H18N2S. The molecule has 3 heteroatoms. The Morgan fingerprint density at radius 3 is 2.28 bits per heavy atom. The van der Waals surface area contributed by atoms with Crippen LogP contribution in [0.5, 0.6) is 0 Å². The molecule has 0 bridgehead atoms. The van der Waals surface area contributed by atoms with Crippen LogP contribution in [0.3, 0.4) is 0 Å². The molecule has 0 spiro atoms. The van der Waals surface area contributed by atoms with Crippen molar-refractivity contribution in [2.45, 2.75) is 36.0 Å². The molecule has 1 aromatic carbocycles. The first-order chi connectivity index (χ1) is 8.47. The minimum atomic E-state index is 0.193. The summed E-state index contributed by atoms with van der Waals surface area (Å²) in [5.74, 6) is 0. The Bertz CT molecular complexity index is 527. The molecule has 0 saturated heterocycles. The average Bonchev–Trinajstić information content (AvgIpc) is 2.32. The zero-order valence-electron chi connectivity index (χ0n) is 11.0. The Hall–Kier alpha value is -1.48. The molecule has 1 heterocycles. The van der Waals surface area contributed by atoms with Crippen LogP contribution >= 0.6 is 11.8 Å². The van der Waals surface area contributed by atoms with E-state index in [1.165, 1.54) is 10.5 Å². The van der Waals surface area contributed by atoms with Crippen LogP contribution in [0.25, 0.3) is 0 Å². The summed E-state index contributed by atoms with van der Waals surface area (Å²) < 4.78 is 0. The predicted molar refractivity (Wildman–Crippen MR) is 77.9 cm³/mol. The average molecular weight is 258 g/mol. The van der Waals surface area contributed by atoms with E-state index in [0.29, 0.717) is 0 Å². The van der Waals surface area contributed by atoms with Gasteiger partial charge in [0.15, 0.2) is 0 Å². The number of nitrogens with zero attached hydrogens (tertiary/aromatic N) is 1. The second kappa shape index (κ2) is 5.02. The fourth-order valence-electron chi connectivity index (χ4n) is 1.64. The number of hydrogen-bond donors (Lipinski definition) is 1. The second-order valence-electron chi connectivity index (χ2n) is 5.29. The number of rotatable bonds is 2. The lowest BCUT2D eigenvalue weighted by Crippen LogP contribution is -2.10. The highest BCUT2D eigenvalue weighted by Gasteiger charge is 2.13. The van der Waals surface area contributed by atoms with E-state index in [1.54, 1.807) is 24.2 Å². The maximum absolute atomic E-state index is 5.88. The Morgan fingerprint density at radius 2 is 1.72 bits per heavy atom. The van der Waals surface area contributed by atoms with E-state index in [4.69, 9.17) is 5.73 Å². The largest absolute Gasteiger partial charge is 0.397 e. The summed E-state index contributed by atoms with van der Waals surface area (Å²) in [6.45, 7) is 6.65. The molecule has 0 atom stereocenters. The van der Waals surface area contributed by atoms with Crippen LogP contribution in [0.15, 0.2) is 52.5 Å². The maximum Gasteiger partial charge on any atom is 0.0642 e. The third-order valence-electron chi connectivity index (χ3n) is 2.76. The highest BCUT2D eigenvalue weighted by Crippen LogP contribution is 2.32. The van der Waals surface area contributed by atoms with Crippen LogP contribution in [-0.4, -0.2) is 4.98 Å². The number of benzene rings is 1. The second-order valence-corrected chi connectivity index (χ2v) is 6.41. The molecule has 2 rings (SSSR count). The van der Waals surface area contributed by atoms with E-state index < -0.39 is 0 Å². The summed E-state index contributed by atoms with van der Waals surface area (Å²) in [6, 6.07) is 10.6. The molecular weight excluding hydrogens is 240 g/mol. The minimum absolute atomic E-state index is 0.193. The topological polar surface area (TPSA) is 38.9 Å². The van der Waals surface area contributed by atoms with Crippen molar-refractivity contribution in [3.05, 3.63) is 48.3 Å². The quantitative estimate of drug-likeness (QED) is 0.881. The van der Waals surface area contributed by atoms with E-state index in [1.807, 2.05) is 6.07 Å². The van der Waals surface area contributed by atoms with Gasteiger partial charge in [0.25, 0.3) is 0 Å². The first-order valence-corrected chi connectivity index (χ1v) is 6.76. The van der Waals surface area contributed by atoms with Crippen LogP contribution in [0.1, 0.15) is 26.3 Å². The van der Waals surface area contributed by atoms with Crippen molar-refractivity contribution >= 4 is 17.4 Å².